The summed E-state index contributed by atoms with van der Waals surface area (Å²) in [6.45, 7) is 4.44. The second-order valence-electron chi connectivity index (χ2n) is 9.97. The summed E-state index contributed by atoms with van der Waals surface area (Å²) < 4.78 is 17.0. The molecule has 0 spiro atoms. The summed E-state index contributed by atoms with van der Waals surface area (Å²) in [5.74, 6) is 1.12. The minimum Gasteiger partial charge on any atom is -0.516 e. The van der Waals surface area contributed by atoms with Gasteiger partial charge in [0.1, 0.15) is 11.5 Å². The Bertz CT molecular complexity index is 1300. The first-order chi connectivity index (χ1) is 19.5. The van der Waals surface area contributed by atoms with Crippen LogP contribution in [0.2, 0.25) is 0 Å². The molecule has 0 bridgehead atoms. The molecule has 0 aromatic heterocycles. The molecular weight excluding hydrogens is 500 g/mol. The lowest BCUT2D eigenvalue weighted by atomic mass is 9.69. The van der Waals surface area contributed by atoms with Crippen LogP contribution < -0.4 is 9.47 Å². The standard InChI is InChI=1S/C35H38O5/c1-3-38-27(2)39-32-19-13-28(14-20-32)9-5-6-10-29-15-21-33(22-16-29)40-34(37)35(24-7-4-8-25-35)31-17-11-30(12-18-31)23-26-36/h5-6,9-23,26-27,36H,3-4,7-8,24-25H2,1-2H3. The SMILES string of the molecule is CCOC(C)Oc1ccc(C=CC=Cc2ccc(OC(=O)C3(c4ccc(C=CO)cc4)CCCCC3)cc2)cc1. The van der Waals surface area contributed by atoms with Crippen LogP contribution in [0.5, 0.6) is 11.5 Å². The molecule has 5 nitrogen and oxygen atoms in total. The summed E-state index contributed by atoms with van der Waals surface area (Å²) in [7, 11) is 0. The Morgan fingerprint density at radius 1 is 0.800 bits per heavy atom. The van der Waals surface area contributed by atoms with Gasteiger partial charge < -0.3 is 19.3 Å². The van der Waals surface area contributed by atoms with Gasteiger partial charge in [0, 0.05) is 6.61 Å². The first-order valence-corrected chi connectivity index (χ1v) is 14.0. The monoisotopic (exact) mass is 538 g/mol. The summed E-state index contributed by atoms with van der Waals surface area (Å²) in [6.07, 6.45) is 15.0. The first kappa shape index (κ1) is 28.9. The quantitative estimate of drug-likeness (QED) is 0.0871. The van der Waals surface area contributed by atoms with Crippen molar-refractivity contribution in [1.82, 2.24) is 0 Å². The third kappa shape index (κ3) is 7.73. The lowest BCUT2D eigenvalue weighted by molar-refractivity contribution is -0.142. The highest BCUT2D eigenvalue weighted by atomic mass is 16.7. The molecule has 1 fully saturated rings. The number of rotatable bonds is 11. The second kappa shape index (κ2) is 14.3. The van der Waals surface area contributed by atoms with E-state index in [2.05, 4.69) is 0 Å². The molecule has 0 amide bonds. The molecule has 1 saturated carbocycles. The van der Waals surface area contributed by atoms with E-state index in [1.165, 1.54) is 0 Å². The zero-order valence-corrected chi connectivity index (χ0v) is 23.3. The van der Waals surface area contributed by atoms with Gasteiger partial charge >= 0.3 is 5.97 Å². The largest absolute Gasteiger partial charge is 0.516 e. The molecule has 4 rings (SSSR count). The van der Waals surface area contributed by atoms with E-state index >= 15 is 0 Å². The maximum atomic E-state index is 13.5. The zero-order valence-electron chi connectivity index (χ0n) is 23.3. The summed E-state index contributed by atoms with van der Waals surface area (Å²) in [5.41, 5.74) is 3.30. The normalized spacial score (nSPS) is 15.9. The van der Waals surface area contributed by atoms with E-state index in [1.807, 2.05) is 111 Å². The van der Waals surface area contributed by atoms with Crippen LogP contribution in [-0.2, 0) is 14.9 Å². The van der Waals surface area contributed by atoms with Crippen LogP contribution in [0.25, 0.3) is 18.2 Å². The van der Waals surface area contributed by atoms with Gasteiger partial charge in [-0.25, -0.2) is 0 Å². The van der Waals surface area contributed by atoms with Crippen molar-refractivity contribution in [2.75, 3.05) is 6.61 Å². The van der Waals surface area contributed by atoms with Gasteiger partial charge in [0.15, 0.2) is 6.29 Å². The number of carbonyl (C=O) groups excluding carboxylic acids is 1. The Kier molecular flexibility index (Phi) is 10.4. The van der Waals surface area contributed by atoms with E-state index < -0.39 is 5.41 Å². The molecule has 1 N–H and O–H groups in total. The molecule has 40 heavy (non-hydrogen) atoms. The van der Waals surface area contributed by atoms with Gasteiger partial charge in [-0.15, -0.1) is 0 Å². The molecule has 0 saturated heterocycles. The van der Waals surface area contributed by atoms with E-state index in [9.17, 15) is 4.79 Å². The van der Waals surface area contributed by atoms with Gasteiger partial charge in [0.25, 0.3) is 0 Å². The van der Waals surface area contributed by atoms with Crippen molar-refractivity contribution in [1.29, 1.82) is 0 Å². The van der Waals surface area contributed by atoms with Crippen molar-refractivity contribution in [3.8, 4) is 11.5 Å². The van der Waals surface area contributed by atoms with Crippen molar-refractivity contribution in [3.05, 3.63) is 113 Å². The lowest BCUT2D eigenvalue weighted by Gasteiger charge is -2.35. The number of benzene rings is 3. The Balaban J connectivity index is 1.35. The predicted octanol–water partition coefficient (Wildman–Crippen LogP) is 8.51. The summed E-state index contributed by atoms with van der Waals surface area (Å²) in [5, 5.41) is 9.04. The van der Waals surface area contributed by atoms with Crippen LogP contribution in [0, 0.1) is 0 Å². The Labute approximate surface area is 237 Å². The first-order valence-electron chi connectivity index (χ1n) is 14.0. The summed E-state index contributed by atoms with van der Waals surface area (Å²) >= 11 is 0. The fourth-order valence-corrected chi connectivity index (χ4v) is 5.07. The number of hydrogen-bond acceptors (Lipinski definition) is 5. The van der Waals surface area contributed by atoms with E-state index in [0.717, 1.165) is 66.4 Å². The fourth-order valence-electron chi connectivity index (χ4n) is 5.07. The second-order valence-corrected chi connectivity index (χ2v) is 9.97. The van der Waals surface area contributed by atoms with Crippen LogP contribution in [0.3, 0.4) is 0 Å². The number of carbonyl (C=O) groups is 1. The average molecular weight is 539 g/mol. The lowest BCUT2D eigenvalue weighted by Crippen LogP contribution is -2.41. The van der Waals surface area contributed by atoms with E-state index in [-0.39, 0.29) is 12.3 Å². The Morgan fingerprint density at radius 3 is 1.88 bits per heavy atom. The van der Waals surface area contributed by atoms with E-state index in [1.54, 1.807) is 6.08 Å². The molecule has 0 aliphatic heterocycles. The minimum atomic E-state index is -0.644. The third-order valence-corrected chi connectivity index (χ3v) is 7.19. The smallest absolute Gasteiger partial charge is 0.321 e. The summed E-state index contributed by atoms with van der Waals surface area (Å²) in [4.78, 5) is 13.5. The highest BCUT2D eigenvalue weighted by molar-refractivity contribution is 5.85. The van der Waals surface area contributed by atoms with Crippen LogP contribution in [0.15, 0.2) is 91.2 Å². The Hall–Kier alpha value is -4.09. The molecular formula is C35H38O5. The Morgan fingerprint density at radius 2 is 1.32 bits per heavy atom. The summed E-state index contributed by atoms with van der Waals surface area (Å²) in [6, 6.07) is 23.3. The molecule has 208 valence electrons. The fraction of sp³-hybridized carbons (Fsp3) is 0.286. The maximum absolute atomic E-state index is 13.5. The van der Waals surface area contributed by atoms with Gasteiger partial charge in [0.05, 0.1) is 11.7 Å². The molecule has 1 aliphatic rings. The van der Waals surface area contributed by atoms with E-state index in [0.29, 0.717) is 12.4 Å². The number of allylic oxidation sites excluding steroid dienone is 2. The third-order valence-electron chi connectivity index (χ3n) is 7.19. The van der Waals surface area contributed by atoms with Crippen molar-refractivity contribution in [2.24, 2.45) is 0 Å². The van der Waals surface area contributed by atoms with Gasteiger partial charge in [-0.1, -0.05) is 92.1 Å². The van der Waals surface area contributed by atoms with Crippen molar-refractivity contribution in [3.63, 3.8) is 0 Å². The van der Waals surface area contributed by atoms with E-state index in [4.69, 9.17) is 19.3 Å². The molecule has 5 heteroatoms. The number of aliphatic hydroxyl groups excluding tert-OH is 1. The van der Waals surface area contributed by atoms with Crippen LogP contribution in [0.1, 0.15) is 68.2 Å². The maximum Gasteiger partial charge on any atom is 0.321 e. The van der Waals surface area contributed by atoms with Crippen LogP contribution in [-0.4, -0.2) is 24.0 Å². The van der Waals surface area contributed by atoms with Crippen molar-refractivity contribution < 1.29 is 24.1 Å². The molecule has 3 aromatic carbocycles. The average Bonchev–Trinajstić information content (AvgIpc) is 2.98. The number of hydrogen-bond donors (Lipinski definition) is 1. The topological polar surface area (TPSA) is 65.0 Å². The number of esters is 1. The zero-order chi connectivity index (χ0) is 28.2. The molecule has 1 atom stereocenters. The number of aliphatic hydroxyl groups is 1. The van der Waals surface area contributed by atoms with Gasteiger partial charge in [-0.05, 0) is 79.3 Å². The van der Waals surface area contributed by atoms with Crippen molar-refractivity contribution >= 4 is 24.2 Å². The molecule has 0 heterocycles. The predicted molar refractivity (Wildman–Crippen MR) is 161 cm³/mol. The van der Waals surface area contributed by atoms with Gasteiger partial charge in [-0.2, -0.15) is 0 Å². The minimum absolute atomic E-state index is 0.201. The molecule has 1 unspecified atom stereocenters. The molecule has 0 radical (unpaired) electrons. The van der Waals surface area contributed by atoms with Gasteiger partial charge in [0.2, 0.25) is 0 Å². The highest BCUT2D eigenvalue weighted by Gasteiger charge is 2.42. The number of ether oxygens (including phenoxy) is 3. The molecule has 1 aliphatic carbocycles. The van der Waals surface area contributed by atoms with Crippen LogP contribution in [0.4, 0.5) is 0 Å². The van der Waals surface area contributed by atoms with Gasteiger partial charge in [-0.3, -0.25) is 4.79 Å². The van der Waals surface area contributed by atoms with Crippen LogP contribution >= 0.6 is 0 Å². The molecule has 3 aromatic rings. The van der Waals surface area contributed by atoms with Crippen molar-refractivity contribution in [2.45, 2.75) is 57.7 Å². The highest BCUT2D eigenvalue weighted by Crippen LogP contribution is 2.41.